The third-order valence-corrected chi connectivity index (χ3v) is 5.92. The molecule has 1 saturated heterocycles. The molecule has 0 radical (unpaired) electrons. The minimum absolute atomic E-state index is 0.0567. The Balaban J connectivity index is 1.47. The van der Waals surface area contributed by atoms with Gasteiger partial charge in [-0.15, -0.1) is 0 Å². The lowest BCUT2D eigenvalue weighted by Crippen LogP contribution is -2.60. The zero-order valence-corrected chi connectivity index (χ0v) is 18.4. The second-order valence-electron chi connectivity index (χ2n) is 7.66. The SMILES string of the molecule is OC[C@H]1O[C@@H](Oc2ccc(C3=NC(=S)NC(c4cccc(Cl)c4)C3)cc2)[C@H](O)[C@@H](O)[C@@H]1O. The number of ether oxygens (including phenoxy) is 2. The van der Waals surface area contributed by atoms with Crippen molar-refractivity contribution in [2.45, 2.75) is 43.2 Å². The van der Waals surface area contributed by atoms with Gasteiger partial charge in [-0.25, -0.2) is 4.99 Å². The van der Waals surface area contributed by atoms with Gasteiger partial charge in [0.2, 0.25) is 6.29 Å². The van der Waals surface area contributed by atoms with Crippen LogP contribution in [-0.4, -0.2) is 68.6 Å². The van der Waals surface area contributed by atoms with Gasteiger partial charge in [-0.05, 0) is 59.7 Å². The molecule has 32 heavy (non-hydrogen) atoms. The minimum Gasteiger partial charge on any atom is -0.462 e. The Bertz CT molecular complexity index is 1000. The van der Waals surface area contributed by atoms with Gasteiger partial charge in [0, 0.05) is 11.4 Å². The van der Waals surface area contributed by atoms with Crippen LogP contribution in [-0.2, 0) is 4.74 Å². The van der Waals surface area contributed by atoms with Crippen molar-refractivity contribution >= 4 is 34.6 Å². The van der Waals surface area contributed by atoms with Crippen LogP contribution in [0.15, 0.2) is 53.5 Å². The Hall–Kier alpha value is -2.11. The average Bonchev–Trinajstić information content (AvgIpc) is 2.79. The van der Waals surface area contributed by atoms with Gasteiger partial charge in [-0.3, -0.25) is 0 Å². The Kier molecular flexibility index (Phi) is 7.06. The van der Waals surface area contributed by atoms with E-state index in [0.717, 1.165) is 16.8 Å². The normalized spacial score (nSPS) is 30.4. The van der Waals surface area contributed by atoms with Crippen LogP contribution < -0.4 is 10.1 Å². The van der Waals surface area contributed by atoms with Gasteiger partial charge in [0.25, 0.3) is 0 Å². The molecule has 1 unspecified atom stereocenters. The lowest BCUT2D eigenvalue weighted by molar-refractivity contribution is -0.277. The lowest BCUT2D eigenvalue weighted by Gasteiger charge is -2.39. The van der Waals surface area contributed by atoms with Crippen LogP contribution in [0.3, 0.4) is 0 Å². The van der Waals surface area contributed by atoms with E-state index in [1.54, 1.807) is 24.3 Å². The first-order chi connectivity index (χ1) is 15.4. The van der Waals surface area contributed by atoms with Crippen molar-refractivity contribution in [3.05, 3.63) is 64.7 Å². The number of halogens is 1. The second-order valence-corrected chi connectivity index (χ2v) is 8.48. The summed E-state index contributed by atoms with van der Waals surface area (Å²) in [7, 11) is 0. The molecule has 2 aromatic rings. The average molecular weight is 479 g/mol. The molecule has 0 aromatic heterocycles. The summed E-state index contributed by atoms with van der Waals surface area (Å²) in [5.41, 5.74) is 2.66. The van der Waals surface area contributed by atoms with Crippen LogP contribution in [0.1, 0.15) is 23.6 Å². The van der Waals surface area contributed by atoms with E-state index in [2.05, 4.69) is 10.3 Å². The van der Waals surface area contributed by atoms with Gasteiger partial charge in [0.05, 0.1) is 18.4 Å². The Morgan fingerprint density at radius 1 is 1.09 bits per heavy atom. The highest BCUT2D eigenvalue weighted by molar-refractivity contribution is 7.80. The molecule has 10 heteroatoms. The predicted octanol–water partition coefficient (Wildman–Crippen LogP) is 1.33. The van der Waals surface area contributed by atoms with E-state index in [1.807, 2.05) is 24.3 Å². The number of rotatable bonds is 5. The molecule has 2 aliphatic rings. The number of nitrogens with zero attached hydrogens (tertiary/aromatic N) is 1. The standard InChI is InChI=1S/C22H23ClN2O6S/c23-13-3-1-2-12(8-13)16-9-15(24-22(32)25-16)11-4-6-14(7-5-11)30-21-20(29)19(28)18(27)17(10-26)31-21/h1-8,16-21,26-29H,9-10H2,(H,25,32)/t16?,17-,18-,19+,20-,21-/m1/s1. The van der Waals surface area contributed by atoms with E-state index in [0.29, 0.717) is 22.3 Å². The number of hydrogen-bond acceptors (Lipinski definition) is 7. The summed E-state index contributed by atoms with van der Waals surface area (Å²) in [6.07, 6.45) is -6.09. The molecular formula is C22H23ClN2O6S. The number of nitrogens with one attached hydrogen (secondary N) is 1. The number of aliphatic imine (C=N–C) groups is 1. The van der Waals surface area contributed by atoms with E-state index < -0.39 is 37.3 Å². The summed E-state index contributed by atoms with van der Waals surface area (Å²) < 4.78 is 11.0. The summed E-state index contributed by atoms with van der Waals surface area (Å²) in [6.45, 7) is -0.523. The fraction of sp³-hybridized carbons (Fsp3) is 0.364. The van der Waals surface area contributed by atoms with Crippen LogP contribution in [0.4, 0.5) is 0 Å². The van der Waals surface area contributed by atoms with Crippen LogP contribution >= 0.6 is 23.8 Å². The van der Waals surface area contributed by atoms with Gasteiger partial charge >= 0.3 is 0 Å². The maximum Gasteiger partial charge on any atom is 0.229 e. The Labute approximate surface area is 195 Å². The molecule has 0 saturated carbocycles. The molecule has 0 aliphatic carbocycles. The van der Waals surface area contributed by atoms with Gasteiger partial charge in [-0.1, -0.05) is 23.7 Å². The van der Waals surface area contributed by atoms with Gasteiger partial charge < -0.3 is 35.2 Å². The highest BCUT2D eigenvalue weighted by Crippen LogP contribution is 2.28. The third-order valence-electron chi connectivity index (χ3n) is 5.47. The van der Waals surface area contributed by atoms with Crippen LogP contribution in [0, 0.1) is 0 Å². The number of aliphatic hydroxyl groups excluding tert-OH is 4. The summed E-state index contributed by atoms with van der Waals surface area (Å²) in [4.78, 5) is 4.46. The third kappa shape index (κ3) is 4.94. The van der Waals surface area contributed by atoms with Crippen LogP contribution in [0.5, 0.6) is 5.75 Å². The van der Waals surface area contributed by atoms with E-state index >= 15 is 0 Å². The van der Waals surface area contributed by atoms with Crippen molar-refractivity contribution in [1.29, 1.82) is 0 Å². The lowest BCUT2D eigenvalue weighted by atomic mass is 9.96. The predicted molar refractivity (Wildman–Crippen MR) is 122 cm³/mol. The minimum atomic E-state index is -1.50. The maximum atomic E-state index is 10.1. The molecule has 170 valence electrons. The van der Waals surface area contributed by atoms with E-state index in [4.69, 9.17) is 33.3 Å². The van der Waals surface area contributed by atoms with Crippen molar-refractivity contribution in [1.82, 2.24) is 5.32 Å². The highest BCUT2D eigenvalue weighted by atomic mass is 35.5. The molecule has 6 atom stereocenters. The number of hydrogen-bond donors (Lipinski definition) is 5. The Morgan fingerprint density at radius 3 is 2.53 bits per heavy atom. The molecule has 2 heterocycles. The molecule has 2 aromatic carbocycles. The van der Waals surface area contributed by atoms with Crippen molar-refractivity contribution in [2.24, 2.45) is 4.99 Å². The molecule has 0 amide bonds. The molecule has 8 nitrogen and oxygen atoms in total. The van der Waals surface area contributed by atoms with Crippen molar-refractivity contribution < 1.29 is 29.9 Å². The number of thiocarbonyl (C=S) groups is 1. The highest BCUT2D eigenvalue weighted by Gasteiger charge is 2.44. The number of aliphatic hydroxyl groups is 4. The molecule has 5 N–H and O–H groups in total. The summed E-state index contributed by atoms with van der Waals surface area (Å²) in [6, 6.07) is 14.5. The summed E-state index contributed by atoms with van der Waals surface area (Å²) >= 11 is 11.4. The molecule has 2 aliphatic heterocycles. The van der Waals surface area contributed by atoms with Crippen molar-refractivity contribution in [3.8, 4) is 5.75 Å². The van der Waals surface area contributed by atoms with Crippen LogP contribution in [0.2, 0.25) is 5.02 Å². The topological polar surface area (TPSA) is 124 Å². The quantitative estimate of drug-likeness (QED) is 0.408. The molecule has 4 rings (SSSR count). The molecular weight excluding hydrogens is 456 g/mol. The molecule has 0 bridgehead atoms. The van der Waals surface area contributed by atoms with Crippen LogP contribution in [0.25, 0.3) is 0 Å². The van der Waals surface area contributed by atoms with Gasteiger partial charge in [0.15, 0.2) is 5.11 Å². The summed E-state index contributed by atoms with van der Waals surface area (Å²) in [5.74, 6) is 0.376. The number of benzene rings is 2. The van der Waals surface area contributed by atoms with Gasteiger partial charge in [-0.2, -0.15) is 0 Å². The fourth-order valence-electron chi connectivity index (χ4n) is 3.73. The first-order valence-corrected chi connectivity index (χ1v) is 10.9. The monoisotopic (exact) mass is 478 g/mol. The van der Waals surface area contributed by atoms with Crippen molar-refractivity contribution in [3.63, 3.8) is 0 Å². The largest absolute Gasteiger partial charge is 0.462 e. The van der Waals surface area contributed by atoms with E-state index in [9.17, 15) is 20.4 Å². The van der Waals surface area contributed by atoms with E-state index in [1.165, 1.54) is 0 Å². The molecule has 1 fully saturated rings. The zero-order chi connectivity index (χ0) is 22.8. The smallest absolute Gasteiger partial charge is 0.229 e. The summed E-state index contributed by atoms with van der Waals surface area (Å²) in [5, 5.41) is 43.5. The Morgan fingerprint density at radius 2 is 1.84 bits per heavy atom. The van der Waals surface area contributed by atoms with Crippen molar-refractivity contribution in [2.75, 3.05) is 6.61 Å². The first kappa shape index (κ1) is 23.1. The van der Waals surface area contributed by atoms with Gasteiger partial charge in [0.1, 0.15) is 30.2 Å². The zero-order valence-electron chi connectivity index (χ0n) is 16.8. The first-order valence-electron chi connectivity index (χ1n) is 10.1. The second kappa shape index (κ2) is 9.80. The molecule has 0 spiro atoms. The van der Waals surface area contributed by atoms with E-state index in [-0.39, 0.29) is 6.04 Å². The maximum absolute atomic E-state index is 10.1. The fourth-order valence-corrected chi connectivity index (χ4v) is 4.18.